The van der Waals surface area contributed by atoms with Crippen molar-refractivity contribution in [2.45, 2.75) is 6.18 Å². The average Bonchev–Trinajstić information content (AvgIpc) is 2.94. The van der Waals surface area contributed by atoms with E-state index in [0.717, 1.165) is 0 Å². The highest BCUT2D eigenvalue weighted by molar-refractivity contribution is 6.31. The fraction of sp³-hybridized carbons (Fsp3) is 0.0588. The van der Waals surface area contributed by atoms with Crippen LogP contribution in [-0.2, 0) is 4.79 Å². The molecule has 0 bridgehead atoms. The minimum Gasteiger partial charge on any atom is -0.437 e. The summed E-state index contributed by atoms with van der Waals surface area (Å²) >= 11 is 5.88. The summed E-state index contributed by atoms with van der Waals surface area (Å²) in [5.41, 5.74) is 1.77. The van der Waals surface area contributed by atoms with Crippen molar-refractivity contribution < 1.29 is 22.4 Å². The van der Waals surface area contributed by atoms with Crippen molar-refractivity contribution in [1.82, 2.24) is 4.98 Å². The first-order valence-corrected chi connectivity index (χ1v) is 7.41. The Balaban J connectivity index is 1.78. The largest absolute Gasteiger partial charge is 0.471 e. The standard InChI is InChI=1S/C17H10ClF3N2O2/c18-11-5-6-14-13(9-11)23-15(25-14)7-4-10-2-1-3-12(8-10)22-16(24)17(19,20)21/h1-9H,(H,22,24)/b7-4+. The van der Waals surface area contributed by atoms with Gasteiger partial charge in [0.1, 0.15) is 5.52 Å². The van der Waals surface area contributed by atoms with E-state index in [0.29, 0.717) is 27.6 Å². The first kappa shape index (κ1) is 17.0. The molecule has 0 radical (unpaired) electrons. The lowest BCUT2D eigenvalue weighted by Gasteiger charge is -2.08. The lowest BCUT2D eigenvalue weighted by atomic mass is 10.2. The van der Waals surface area contributed by atoms with Crippen LogP contribution in [0.1, 0.15) is 11.5 Å². The van der Waals surface area contributed by atoms with Gasteiger partial charge in [-0.3, -0.25) is 4.79 Å². The molecule has 8 heteroatoms. The molecule has 0 saturated carbocycles. The molecule has 1 heterocycles. The summed E-state index contributed by atoms with van der Waals surface area (Å²) in [5, 5.41) is 2.33. The summed E-state index contributed by atoms with van der Waals surface area (Å²) in [5.74, 6) is -1.70. The van der Waals surface area contributed by atoms with Crippen molar-refractivity contribution in [3.8, 4) is 0 Å². The van der Waals surface area contributed by atoms with E-state index in [-0.39, 0.29) is 5.69 Å². The predicted molar refractivity (Wildman–Crippen MR) is 89.1 cm³/mol. The number of anilines is 1. The maximum atomic E-state index is 12.3. The molecular weight excluding hydrogens is 357 g/mol. The van der Waals surface area contributed by atoms with Gasteiger partial charge in [0.05, 0.1) is 0 Å². The monoisotopic (exact) mass is 366 g/mol. The number of rotatable bonds is 3. The van der Waals surface area contributed by atoms with Gasteiger partial charge in [-0.15, -0.1) is 0 Å². The van der Waals surface area contributed by atoms with Crippen molar-refractivity contribution in [2.75, 3.05) is 5.32 Å². The highest BCUT2D eigenvalue weighted by Crippen LogP contribution is 2.22. The van der Waals surface area contributed by atoms with E-state index < -0.39 is 12.1 Å². The molecule has 25 heavy (non-hydrogen) atoms. The first-order valence-electron chi connectivity index (χ1n) is 7.04. The molecule has 0 aliphatic rings. The third-order valence-electron chi connectivity index (χ3n) is 3.19. The highest BCUT2D eigenvalue weighted by Gasteiger charge is 2.38. The van der Waals surface area contributed by atoms with Gasteiger partial charge in [-0.1, -0.05) is 23.7 Å². The molecule has 1 N–H and O–H groups in total. The number of oxazole rings is 1. The number of halogens is 4. The van der Waals surface area contributed by atoms with Gasteiger partial charge < -0.3 is 9.73 Å². The summed E-state index contributed by atoms with van der Waals surface area (Å²) in [6.45, 7) is 0. The Kier molecular flexibility index (Phi) is 4.50. The van der Waals surface area contributed by atoms with E-state index in [2.05, 4.69) is 4.98 Å². The molecule has 1 aromatic heterocycles. The van der Waals surface area contributed by atoms with Gasteiger partial charge in [-0.25, -0.2) is 4.98 Å². The summed E-state index contributed by atoms with van der Waals surface area (Å²) in [6.07, 6.45) is -1.76. The molecule has 0 aliphatic heterocycles. The van der Waals surface area contributed by atoms with Crippen molar-refractivity contribution in [3.05, 3.63) is 58.9 Å². The number of carbonyl (C=O) groups is 1. The number of hydrogen-bond donors (Lipinski definition) is 1. The van der Waals surface area contributed by atoms with E-state index in [1.165, 1.54) is 18.2 Å². The zero-order valence-electron chi connectivity index (χ0n) is 12.5. The molecule has 3 rings (SSSR count). The Morgan fingerprint density at radius 1 is 1.16 bits per heavy atom. The maximum Gasteiger partial charge on any atom is 0.471 e. The van der Waals surface area contributed by atoms with Gasteiger partial charge in [-0.05, 0) is 42.0 Å². The molecule has 0 aliphatic carbocycles. The Bertz CT molecular complexity index is 964. The van der Waals surface area contributed by atoms with Crippen LogP contribution in [0.15, 0.2) is 46.9 Å². The van der Waals surface area contributed by atoms with Crippen LogP contribution in [0.5, 0.6) is 0 Å². The van der Waals surface area contributed by atoms with Crippen molar-refractivity contribution in [2.24, 2.45) is 0 Å². The van der Waals surface area contributed by atoms with Crippen LogP contribution in [0.4, 0.5) is 18.9 Å². The number of carbonyl (C=O) groups excluding carboxylic acids is 1. The van der Waals surface area contributed by atoms with Crippen LogP contribution >= 0.6 is 11.6 Å². The lowest BCUT2D eigenvalue weighted by Crippen LogP contribution is -2.29. The Morgan fingerprint density at radius 2 is 1.96 bits per heavy atom. The summed E-state index contributed by atoms with van der Waals surface area (Å²) in [6, 6.07) is 11.0. The van der Waals surface area contributed by atoms with Crippen molar-refractivity contribution >= 4 is 46.4 Å². The van der Waals surface area contributed by atoms with Crippen LogP contribution < -0.4 is 5.32 Å². The van der Waals surface area contributed by atoms with E-state index in [9.17, 15) is 18.0 Å². The number of nitrogens with one attached hydrogen (secondary N) is 1. The second-order valence-electron chi connectivity index (χ2n) is 5.07. The van der Waals surface area contributed by atoms with Gasteiger partial charge >= 0.3 is 12.1 Å². The number of amides is 1. The number of benzene rings is 2. The lowest BCUT2D eigenvalue weighted by molar-refractivity contribution is -0.167. The second kappa shape index (κ2) is 6.60. The number of fused-ring (bicyclic) bond motifs is 1. The van der Waals surface area contributed by atoms with E-state index in [4.69, 9.17) is 16.0 Å². The minimum absolute atomic E-state index is 0.0359. The molecule has 1 amide bonds. The molecule has 4 nitrogen and oxygen atoms in total. The van der Waals surface area contributed by atoms with E-state index in [1.807, 2.05) is 0 Å². The minimum atomic E-state index is -4.94. The molecular formula is C17H10ClF3N2O2. The Hall–Kier alpha value is -2.80. The van der Waals surface area contributed by atoms with Gasteiger partial charge in [0.2, 0.25) is 5.89 Å². The Morgan fingerprint density at radius 3 is 2.72 bits per heavy atom. The Labute approximate surface area is 144 Å². The topological polar surface area (TPSA) is 55.1 Å². The smallest absolute Gasteiger partial charge is 0.437 e. The van der Waals surface area contributed by atoms with Gasteiger partial charge in [-0.2, -0.15) is 13.2 Å². The normalized spacial score (nSPS) is 12.0. The molecule has 3 aromatic rings. The average molecular weight is 367 g/mol. The van der Waals surface area contributed by atoms with Crippen molar-refractivity contribution in [3.63, 3.8) is 0 Å². The number of aromatic nitrogens is 1. The summed E-state index contributed by atoms with van der Waals surface area (Å²) in [4.78, 5) is 15.2. The van der Waals surface area contributed by atoms with Crippen LogP contribution in [0.3, 0.4) is 0 Å². The third kappa shape index (κ3) is 4.19. The molecule has 0 spiro atoms. The SMILES string of the molecule is O=C(Nc1cccc(/C=C/c2nc3cc(Cl)ccc3o2)c1)C(F)(F)F. The molecule has 2 aromatic carbocycles. The second-order valence-corrected chi connectivity index (χ2v) is 5.51. The van der Waals surface area contributed by atoms with Gasteiger partial charge in [0, 0.05) is 16.8 Å². The molecule has 0 atom stereocenters. The highest BCUT2D eigenvalue weighted by atomic mass is 35.5. The third-order valence-corrected chi connectivity index (χ3v) is 3.42. The maximum absolute atomic E-state index is 12.3. The number of alkyl halides is 3. The van der Waals surface area contributed by atoms with Crippen molar-refractivity contribution in [1.29, 1.82) is 0 Å². The first-order chi connectivity index (χ1) is 11.8. The van der Waals surface area contributed by atoms with Crippen LogP contribution in [0, 0.1) is 0 Å². The van der Waals surface area contributed by atoms with Crippen LogP contribution in [0.2, 0.25) is 5.02 Å². The summed E-state index contributed by atoms with van der Waals surface area (Å²) < 4.78 is 42.3. The number of hydrogen-bond acceptors (Lipinski definition) is 3. The fourth-order valence-electron chi connectivity index (χ4n) is 2.08. The van der Waals surface area contributed by atoms with Gasteiger partial charge in [0.15, 0.2) is 5.58 Å². The number of nitrogens with zero attached hydrogens (tertiary/aromatic N) is 1. The molecule has 0 fully saturated rings. The zero-order valence-corrected chi connectivity index (χ0v) is 13.2. The molecule has 0 saturated heterocycles. The fourth-order valence-corrected chi connectivity index (χ4v) is 2.25. The molecule has 128 valence electrons. The quantitative estimate of drug-likeness (QED) is 0.697. The zero-order chi connectivity index (χ0) is 18.0. The van der Waals surface area contributed by atoms with Crippen LogP contribution in [0.25, 0.3) is 23.3 Å². The predicted octanol–water partition coefficient (Wildman–Crippen LogP) is 5.15. The van der Waals surface area contributed by atoms with Crippen LogP contribution in [-0.4, -0.2) is 17.1 Å². The van der Waals surface area contributed by atoms with E-state index in [1.54, 1.807) is 41.7 Å². The molecule has 0 unspecified atom stereocenters. The summed E-state index contributed by atoms with van der Waals surface area (Å²) in [7, 11) is 0. The van der Waals surface area contributed by atoms with Gasteiger partial charge in [0.25, 0.3) is 0 Å². The van der Waals surface area contributed by atoms with E-state index >= 15 is 0 Å².